The van der Waals surface area contributed by atoms with Crippen molar-refractivity contribution in [2.75, 3.05) is 49.7 Å². The highest BCUT2D eigenvalue weighted by Gasteiger charge is 2.21. The molecule has 1 aliphatic heterocycles. The molecule has 0 spiro atoms. The number of carbonyl (C=O) groups is 1. The lowest BCUT2D eigenvalue weighted by Gasteiger charge is -2.31. The number of nitrogens with one attached hydrogen (secondary N) is 1. The van der Waals surface area contributed by atoms with E-state index < -0.39 is 0 Å². The standard InChI is InChI=1S/C25H31N3O4/c1-4-31-23-16-22(27-10-12-30-13-11-27)24(32-5-2)15-20(23)26-25(29)17-28-18(3)14-19-8-6-7-9-21(19)28/h6-9,14-16H,4-5,10-13,17H2,1-3H3,(H,26,29). The Kier molecular flexibility index (Phi) is 6.85. The number of morpholine rings is 1. The van der Waals surface area contributed by atoms with Gasteiger partial charge in [-0.25, -0.2) is 0 Å². The first-order chi connectivity index (χ1) is 15.6. The molecule has 7 heteroatoms. The summed E-state index contributed by atoms with van der Waals surface area (Å²) in [6.07, 6.45) is 0. The number of hydrogen-bond donors (Lipinski definition) is 1. The Hall–Kier alpha value is -3.19. The van der Waals surface area contributed by atoms with Gasteiger partial charge in [0.2, 0.25) is 5.91 Å². The van der Waals surface area contributed by atoms with Crippen molar-refractivity contribution in [3.63, 3.8) is 0 Å². The van der Waals surface area contributed by atoms with Crippen molar-refractivity contribution in [2.24, 2.45) is 0 Å². The fourth-order valence-electron chi connectivity index (χ4n) is 4.14. The Morgan fingerprint density at radius 3 is 2.50 bits per heavy atom. The van der Waals surface area contributed by atoms with E-state index in [2.05, 4.69) is 22.3 Å². The highest BCUT2D eigenvalue weighted by Crippen LogP contribution is 2.39. The van der Waals surface area contributed by atoms with Crippen molar-refractivity contribution in [3.05, 3.63) is 48.2 Å². The van der Waals surface area contributed by atoms with Crippen molar-refractivity contribution in [3.8, 4) is 11.5 Å². The summed E-state index contributed by atoms with van der Waals surface area (Å²) < 4.78 is 19.3. The van der Waals surface area contributed by atoms with Gasteiger partial charge < -0.3 is 29.0 Å². The summed E-state index contributed by atoms with van der Waals surface area (Å²) >= 11 is 0. The minimum Gasteiger partial charge on any atom is -0.492 e. The molecule has 32 heavy (non-hydrogen) atoms. The molecule has 0 radical (unpaired) electrons. The summed E-state index contributed by atoms with van der Waals surface area (Å²) in [4.78, 5) is 15.3. The van der Waals surface area contributed by atoms with Gasteiger partial charge in [0, 0.05) is 36.4 Å². The van der Waals surface area contributed by atoms with Gasteiger partial charge in [0.15, 0.2) is 0 Å². The van der Waals surface area contributed by atoms with E-state index in [4.69, 9.17) is 14.2 Å². The summed E-state index contributed by atoms with van der Waals surface area (Å²) in [6.45, 7) is 10.1. The van der Waals surface area contributed by atoms with Crippen molar-refractivity contribution < 1.29 is 19.0 Å². The zero-order chi connectivity index (χ0) is 22.5. The van der Waals surface area contributed by atoms with E-state index >= 15 is 0 Å². The average molecular weight is 438 g/mol. The number of benzene rings is 2. The molecule has 1 aromatic heterocycles. The van der Waals surface area contributed by atoms with Gasteiger partial charge in [-0.05, 0) is 38.3 Å². The summed E-state index contributed by atoms with van der Waals surface area (Å²) in [5, 5.41) is 4.17. The zero-order valence-electron chi connectivity index (χ0n) is 19.0. The summed E-state index contributed by atoms with van der Waals surface area (Å²) in [5.74, 6) is 1.26. The van der Waals surface area contributed by atoms with Crippen molar-refractivity contribution in [1.29, 1.82) is 0 Å². The van der Waals surface area contributed by atoms with Gasteiger partial charge in [-0.2, -0.15) is 0 Å². The highest BCUT2D eigenvalue weighted by molar-refractivity contribution is 5.94. The van der Waals surface area contributed by atoms with Gasteiger partial charge in [-0.15, -0.1) is 0 Å². The quantitative estimate of drug-likeness (QED) is 0.572. The van der Waals surface area contributed by atoms with Crippen LogP contribution in [-0.2, 0) is 16.1 Å². The van der Waals surface area contributed by atoms with Crippen molar-refractivity contribution >= 4 is 28.2 Å². The maximum atomic E-state index is 13.0. The van der Waals surface area contributed by atoms with Crippen LogP contribution in [0.3, 0.4) is 0 Å². The van der Waals surface area contributed by atoms with Crippen LogP contribution in [-0.4, -0.2) is 50.0 Å². The maximum Gasteiger partial charge on any atom is 0.244 e. The molecule has 0 aliphatic carbocycles. The van der Waals surface area contributed by atoms with Gasteiger partial charge in [-0.1, -0.05) is 18.2 Å². The van der Waals surface area contributed by atoms with Gasteiger partial charge in [0.05, 0.1) is 37.8 Å². The number of carbonyl (C=O) groups excluding carboxylic acids is 1. The van der Waals surface area contributed by atoms with Crippen LogP contribution in [0.4, 0.5) is 11.4 Å². The van der Waals surface area contributed by atoms with Gasteiger partial charge >= 0.3 is 0 Å². The molecular formula is C25H31N3O4. The van der Waals surface area contributed by atoms with Crippen LogP contribution in [0.5, 0.6) is 11.5 Å². The Morgan fingerprint density at radius 2 is 1.75 bits per heavy atom. The Balaban J connectivity index is 1.61. The summed E-state index contributed by atoms with van der Waals surface area (Å²) in [6, 6.07) is 14.0. The average Bonchev–Trinajstić information content (AvgIpc) is 3.11. The third kappa shape index (κ3) is 4.67. The number of fused-ring (bicyclic) bond motifs is 1. The van der Waals surface area contributed by atoms with Crippen molar-refractivity contribution in [2.45, 2.75) is 27.3 Å². The lowest BCUT2D eigenvalue weighted by molar-refractivity contribution is -0.116. The Morgan fingerprint density at radius 1 is 1.03 bits per heavy atom. The predicted octanol–water partition coefficient (Wildman–Crippen LogP) is 4.22. The first-order valence-electron chi connectivity index (χ1n) is 11.2. The van der Waals surface area contributed by atoms with E-state index in [9.17, 15) is 4.79 Å². The van der Waals surface area contributed by atoms with Crippen molar-refractivity contribution in [1.82, 2.24) is 4.57 Å². The number of ether oxygens (including phenoxy) is 3. The Bertz CT molecular complexity index is 1090. The van der Waals surface area contributed by atoms with E-state index in [0.717, 1.165) is 41.1 Å². The molecular weight excluding hydrogens is 406 g/mol. The molecule has 1 saturated heterocycles. The van der Waals surface area contributed by atoms with Crippen LogP contribution in [0.15, 0.2) is 42.5 Å². The molecule has 3 aromatic rings. The third-order valence-electron chi connectivity index (χ3n) is 5.61. The molecule has 0 unspecified atom stereocenters. The van der Waals surface area contributed by atoms with E-state index in [-0.39, 0.29) is 12.5 Å². The molecule has 170 valence electrons. The molecule has 2 heterocycles. The molecule has 4 rings (SSSR count). The van der Waals surface area contributed by atoms with Crippen LogP contribution in [0.2, 0.25) is 0 Å². The lowest BCUT2D eigenvalue weighted by atomic mass is 10.2. The van der Waals surface area contributed by atoms with Gasteiger partial charge in [0.25, 0.3) is 0 Å². The molecule has 7 nitrogen and oxygen atoms in total. The summed E-state index contributed by atoms with van der Waals surface area (Å²) in [5.41, 5.74) is 3.67. The van der Waals surface area contributed by atoms with E-state index in [1.165, 1.54) is 0 Å². The largest absolute Gasteiger partial charge is 0.492 e. The Labute approximate surface area is 188 Å². The molecule has 1 N–H and O–H groups in total. The molecule has 1 amide bonds. The predicted molar refractivity (Wildman–Crippen MR) is 127 cm³/mol. The highest BCUT2D eigenvalue weighted by atomic mass is 16.5. The smallest absolute Gasteiger partial charge is 0.244 e. The number of aromatic nitrogens is 1. The van der Waals surface area contributed by atoms with E-state index in [1.807, 2.05) is 55.7 Å². The number of amides is 1. The van der Waals surface area contributed by atoms with Gasteiger partial charge in [0.1, 0.15) is 18.0 Å². The van der Waals surface area contributed by atoms with E-state index in [0.29, 0.717) is 37.9 Å². The number of aryl methyl sites for hydroxylation is 1. The topological polar surface area (TPSA) is 65.0 Å². The van der Waals surface area contributed by atoms with Crippen LogP contribution >= 0.6 is 0 Å². The first kappa shape index (κ1) is 22.0. The fraction of sp³-hybridized carbons (Fsp3) is 0.400. The SMILES string of the molecule is CCOc1cc(N2CCOCC2)c(OCC)cc1NC(=O)Cn1c(C)cc2ccccc21. The molecule has 2 aromatic carbocycles. The molecule has 0 bridgehead atoms. The van der Waals surface area contributed by atoms with Crippen LogP contribution in [0, 0.1) is 6.92 Å². The number of anilines is 2. The number of nitrogens with zero attached hydrogens (tertiary/aromatic N) is 2. The zero-order valence-corrected chi connectivity index (χ0v) is 19.0. The second kappa shape index (κ2) is 9.96. The molecule has 0 atom stereocenters. The lowest BCUT2D eigenvalue weighted by Crippen LogP contribution is -2.36. The monoisotopic (exact) mass is 437 g/mol. The number of para-hydroxylation sites is 1. The summed E-state index contributed by atoms with van der Waals surface area (Å²) in [7, 11) is 0. The van der Waals surface area contributed by atoms with Gasteiger partial charge in [-0.3, -0.25) is 4.79 Å². The van der Waals surface area contributed by atoms with Crippen LogP contribution < -0.4 is 19.7 Å². The molecule has 0 saturated carbocycles. The third-order valence-corrected chi connectivity index (χ3v) is 5.61. The second-order valence-electron chi connectivity index (χ2n) is 7.76. The number of rotatable bonds is 8. The normalized spacial score (nSPS) is 13.9. The van der Waals surface area contributed by atoms with E-state index in [1.54, 1.807) is 0 Å². The minimum absolute atomic E-state index is 0.114. The first-order valence-corrected chi connectivity index (χ1v) is 11.2. The molecule has 1 fully saturated rings. The van der Waals surface area contributed by atoms with Crippen LogP contribution in [0.25, 0.3) is 10.9 Å². The second-order valence-corrected chi connectivity index (χ2v) is 7.76. The number of hydrogen-bond acceptors (Lipinski definition) is 5. The minimum atomic E-state index is -0.114. The molecule has 1 aliphatic rings. The fourth-order valence-corrected chi connectivity index (χ4v) is 4.14. The van der Waals surface area contributed by atoms with Crippen LogP contribution in [0.1, 0.15) is 19.5 Å². The maximum absolute atomic E-state index is 13.0.